The molecule has 5 heteroatoms. The summed E-state index contributed by atoms with van der Waals surface area (Å²) >= 11 is 0. The number of rotatable bonds is 5. The summed E-state index contributed by atoms with van der Waals surface area (Å²) in [5.74, 6) is 0.845. The average molecular weight is 338 g/mol. The van der Waals surface area contributed by atoms with Gasteiger partial charge in [-0.25, -0.2) is 9.97 Å². The van der Waals surface area contributed by atoms with Crippen molar-refractivity contribution in [2.24, 2.45) is 5.92 Å². The van der Waals surface area contributed by atoms with Gasteiger partial charge in [-0.15, -0.1) is 0 Å². The van der Waals surface area contributed by atoms with Gasteiger partial charge in [0.2, 0.25) is 11.9 Å². The summed E-state index contributed by atoms with van der Waals surface area (Å²) in [6.45, 7) is 6.28. The first-order chi connectivity index (χ1) is 12.2. The van der Waals surface area contributed by atoms with Crippen molar-refractivity contribution in [3.63, 3.8) is 0 Å². The molecule has 1 atom stereocenters. The van der Waals surface area contributed by atoms with Crippen molar-refractivity contribution < 1.29 is 4.79 Å². The number of nitrogens with zero attached hydrogens (tertiary/aromatic N) is 3. The quantitative estimate of drug-likeness (QED) is 0.911. The van der Waals surface area contributed by atoms with Crippen LogP contribution in [0.15, 0.2) is 36.5 Å². The number of carbonyl (C=O) groups excluding carboxylic acids is 1. The summed E-state index contributed by atoms with van der Waals surface area (Å²) in [4.78, 5) is 23.5. The van der Waals surface area contributed by atoms with Crippen LogP contribution >= 0.6 is 0 Å². The Balaban J connectivity index is 1.56. The molecule has 25 heavy (non-hydrogen) atoms. The van der Waals surface area contributed by atoms with Gasteiger partial charge < -0.3 is 10.2 Å². The molecule has 3 rings (SSSR count). The van der Waals surface area contributed by atoms with Crippen LogP contribution in [-0.2, 0) is 17.8 Å². The standard InChI is InChI=1S/C20H26N4O/c1-3-16-6-8-17(9-7-16)13-22-19(25)18-5-4-12-24(14-18)20-21-11-10-15(2)23-20/h6-11,18H,3-5,12-14H2,1-2H3,(H,22,25)/t18-/m1/s1. The first-order valence-corrected chi connectivity index (χ1v) is 9.06. The fourth-order valence-corrected chi connectivity index (χ4v) is 3.19. The summed E-state index contributed by atoms with van der Waals surface area (Å²) in [6.07, 6.45) is 4.72. The third-order valence-corrected chi connectivity index (χ3v) is 4.76. The summed E-state index contributed by atoms with van der Waals surface area (Å²) in [6, 6.07) is 10.3. The van der Waals surface area contributed by atoms with Crippen LogP contribution in [0.1, 0.15) is 36.6 Å². The molecule has 2 aromatic rings. The molecule has 2 heterocycles. The smallest absolute Gasteiger partial charge is 0.225 e. The van der Waals surface area contributed by atoms with Gasteiger partial charge in [-0.3, -0.25) is 4.79 Å². The van der Waals surface area contributed by atoms with Gasteiger partial charge >= 0.3 is 0 Å². The van der Waals surface area contributed by atoms with Gasteiger partial charge in [-0.1, -0.05) is 31.2 Å². The molecule has 0 aliphatic carbocycles. The minimum Gasteiger partial charge on any atom is -0.352 e. The molecular formula is C20H26N4O. The highest BCUT2D eigenvalue weighted by Crippen LogP contribution is 2.20. The van der Waals surface area contributed by atoms with Crippen molar-refractivity contribution in [1.29, 1.82) is 0 Å². The highest BCUT2D eigenvalue weighted by molar-refractivity contribution is 5.79. The number of aryl methyl sites for hydroxylation is 2. The van der Waals surface area contributed by atoms with E-state index in [2.05, 4.69) is 51.4 Å². The number of amides is 1. The van der Waals surface area contributed by atoms with E-state index in [1.807, 2.05) is 13.0 Å². The summed E-state index contributed by atoms with van der Waals surface area (Å²) in [7, 11) is 0. The Labute approximate surface area is 149 Å². The number of nitrogens with one attached hydrogen (secondary N) is 1. The Morgan fingerprint density at radius 3 is 2.72 bits per heavy atom. The molecule has 1 aliphatic rings. The normalized spacial score (nSPS) is 17.4. The molecule has 1 amide bonds. The number of hydrogen-bond acceptors (Lipinski definition) is 4. The predicted octanol–water partition coefficient (Wildman–Crippen LogP) is 2.88. The number of hydrogen-bond donors (Lipinski definition) is 1. The maximum Gasteiger partial charge on any atom is 0.225 e. The van der Waals surface area contributed by atoms with Crippen molar-refractivity contribution >= 4 is 11.9 Å². The van der Waals surface area contributed by atoms with E-state index in [0.29, 0.717) is 13.1 Å². The highest BCUT2D eigenvalue weighted by atomic mass is 16.1. The largest absolute Gasteiger partial charge is 0.352 e. The van der Waals surface area contributed by atoms with Crippen molar-refractivity contribution in [3.8, 4) is 0 Å². The molecule has 1 N–H and O–H groups in total. The Morgan fingerprint density at radius 2 is 2.00 bits per heavy atom. The molecule has 1 aromatic carbocycles. The van der Waals surface area contributed by atoms with Gasteiger partial charge in [0, 0.05) is 31.5 Å². The van der Waals surface area contributed by atoms with Crippen LogP contribution in [0.25, 0.3) is 0 Å². The van der Waals surface area contributed by atoms with Crippen molar-refractivity contribution in [3.05, 3.63) is 53.3 Å². The number of anilines is 1. The maximum absolute atomic E-state index is 12.6. The number of piperidine rings is 1. The Hall–Kier alpha value is -2.43. The third kappa shape index (κ3) is 4.56. The lowest BCUT2D eigenvalue weighted by Gasteiger charge is -2.32. The van der Waals surface area contributed by atoms with E-state index >= 15 is 0 Å². The summed E-state index contributed by atoms with van der Waals surface area (Å²) < 4.78 is 0. The first-order valence-electron chi connectivity index (χ1n) is 9.06. The monoisotopic (exact) mass is 338 g/mol. The van der Waals surface area contributed by atoms with Crippen LogP contribution in [0.3, 0.4) is 0 Å². The van der Waals surface area contributed by atoms with E-state index in [0.717, 1.165) is 43.0 Å². The second-order valence-electron chi connectivity index (χ2n) is 6.67. The molecule has 0 radical (unpaired) electrons. The van der Waals surface area contributed by atoms with E-state index in [-0.39, 0.29) is 11.8 Å². The van der Waals surface area contributed by atoms with E-state index in [9.17, 15) is 4.79 Å². The molecule has 0 unspecified atom stereocenters. The Morgan fingerprint density at radius 1 is 1.24 bits per heavy atom. The lowest BCUT2D eigenvalue weighted by molar-refractivity contribution is -0.125. The van der Waals surface area contributed by atoms with E-state index in [1.54, 1.807) is 6.20 Å². The van der Waals surface area contributed by atoms with Gasteiger partial charge in [0.15, 0.2) is 0 Å². The van der Waals surface area contributed by atoms with E-state index in [4.69, 9.17) is 0 Å². The molecule has 0 saturated carbocycles. The van der Waals surface area contributed by atoms with Crippen LogP contribution in [0.4, 0.5) is 5.95 Å². The van der Waals surface area contributed by atoms with Gasteiger partial charge in [0.25, 0.3) is 0 Å². The minimum atomic E-state index is -0.00669. The van der Waals surface area contributed by atoms with Crippen LogP contribution < -0.4 is 10.2 Å². The lowest BCUT2D eigenvalue weighted by Crippen LogP contribution is -2.43. The molecule has 132 valence electrons. The van der Waals surface area contributed by atoms with Crippen molar-refractivity contribution in [1.82, 2.24) is 15.3 Å². The van der Waals surface area contributed by atoms with Crippen LogP contribution in [-0.4, -0.2) is 29.0 Å². The number of carbonyl (C=O) groups is 1. The van der Waals surface area contributed by atoms with Gasteiger partial charge in [0.1, 0.15) is 0 Å². The molecule has 0 bridgehead atoms. The Bertz CT molecular complexity index is 714. The van der Waals surface area contributed by atoms with Crippen LogP contribution in [0.2, 0.25) is 0 Å². The fraction of sp³-hybridized carbons (Fsp3) is 0.450. The molecular weight excluding hydrogens is 312 g/mol. The van der Waals surface area contributed by atoms with Gasteiger partial charge in [-0.05, 0) is 43.4 Å². The SMILES string of the molecule is CCc1ccc(CNC(=O)[C@@H]2CCCN(c3nccc(C)n3)C2)cc1. The zero-order valence-corrected chi connectivity index (χ0v) is 15.0. The van der Waals surface area contributed by atoms with Crippen molar-refractivity contribution in [2.45, 2.75) is 39.7 Å². The zero-order chi connectivity index (χ0) is 17.6. The summed E-state index contributed by atoms with van der Waals surface area (Å²) in [5.41, 5.74) is 3.41. The van der Waals surface area contributed by atoms with Gasteiger partial charge in [0.05, 0.1) is 5.92 Å². The molecule has 0 spiro atoms. The van der Waals surface area contributed by atoms with Crippen LogP contribution in [0.5, 0.6) is 0 Å². The van der Waals surface area contributed by atoms with Gasteiger partial charge in [-0.2, -0.15) is 0 Å². The summed E-state index contributed by atoms with van der Waals surface area (Å²) in [5, 5.41) is 3.08. The first kappa shape index (κ1) is 17.4. The molecule has 1 fully saturated rings. The highest BCUT2D eigenvalue weighted by Gasteiger charge is 2.26. The number of benzene rings is 1. The lowest BCUT2D eigenvalue weighted by atomic mass is 9.97. The molecule has 1 saturated heterocycles. The van der Waals surface area contributed by atoms with E-state index in [1.165, 1.54) is 5.56 Å². The second-order valence-corrected chi connectivity index (χ2v) is 6.67. The van der Waals surface area contributed by atoms with Crippen molar-refractivity contribution in [2.75, 3.05) is 18.0 Å². The van der Waals surface area contributed by atoms with E-state index < -0.39 is 0 Å². The second kappa shape index (κ2) is 8.10. The number of aromatic nitrogens is 2. The maximum atomic E-state index is 12.6. The van der Waals surface area contributed by atoms with Crippen LogP contribution in [0, 0.1) is 12.8 Å². The third-order valence-electron chi connectivity index (χ3n) is 4.76. The molecule has 1 aromatic heterocycles. The molecule has 1 aliphatic heterocycles. The topological polar surface area (TPSA) is 58.1 Å². The predicted molar refractivity (Wildman–Crippen MR) is 99.4 cm³/mol. The zero-order valence-electron chi connectivity index (χ0n) is 15.0. The molecule has 5 nitrogen and oxygen atoms in total. The minimum absolute atomic E-state index is 0.00669. The Kier molecular flexibility index (Phi) is 5.64. The fourth-order valence-electron chi connectivity index (χ4n) is 3.19. The average Bonchev–Trinajstić information content (AvgIpc) is 2.66.